The molecule has 0 amide bonds. The quantitative estimate of drug-likeness (QED) is 0.595. The molecule has 0 bridgehead atoms. The first-order valence-electron chi connectivity index (χ1n) is 9.63. The Morgan fingerprint density at radius 3 is 2.19 bits per heavy atom. The Morgan fingerprint density at radius 2 is 1.61 bits per heavy atom. The number of hydrogen-bond acceptors (Lipinski definition) is 7. The molecule has 0 N–H and O–H groups in total. The summed E-state index contributed by atoms with van der Waals surface area (Å²) in [5.74, 6) is -0.378. The predicted molar refractivity (Wildman–Crippen MR) is 113 cm³/mol. The predicted octanol–water partition coefficient (Wildman–Crippen LogP) is 2.07. The fraction of sp³-hybridized carbons (Fsp3) is 0.381. The van der Waals surface area contributed by atoms with E-state index >= 15 is 0 Å². The molecule has 2 aromatic rings. The molecule has 1 saturated heterocycles. The highest BCUT2D eigenvalue weighted by molar-refractivity contribution is 7.89. The van der Waals surface area contributed by atoms with Crippen molar-refractivity contribution in [3.05, 3.63) is 47.8 Å². The second-order valence-electron chi connectivity index (χ2n) is 6.91. The van der Waals surface area contributed by atoms with Crippen LogP contribution >= 0.6 is 0 Å². The molecule has 0 aromatic heterocycles. The number of rotatable bonds is 7. The monoisotopic (exact) mass is 452 g/mol. The van der Waals surface area contributed by atoms with E-state index < -0.39 is 16.0 Å². The van der Waals surface area contributed by atoms with Crippen molar-refractivity contribution in [2.24, 2.45) is 0 Å². The molecule has 3 rings (SSSR count). The lowest BCUT2D eigenvalue weighted by atomic mass is 10.1. The van der Waals surface area contributed by atoms with Gasteiger partial charge in [0, 0.05) is 32.2 Å². The topological polar surface area (TPSA) is 85.4 Å². The zero-order valence-electron chi connectivity index (χ0n) is 17.6. The van der Waals surface area contributed by atoms with Crippen LogP contribution in [0.3, 0.4) is 0 Å². The van der Waals surface area contributed by atoms with Gasteiger partial charge in [0.25, 0.3) is 0 Å². The van der Waals surface area contributed by atoms with Crippen LogP contribution in [-0.4, -0.2) is 66.2 Å². The van der Waals surface area contributed by atoms with Crippen LogP contribution < -0.4 is 14.4 Å². The zero-order chi connectivity index (χ0) is 22.6. The number of hydrogen-bond donors (Lipinski definition) is 0. The van der Waals surface area contributed by atoms with Crippen molar-refractivity contribution in [2.75, 3.05) is 52.4 Å². The summed E-state index contributed by atoms with van der Waals surface area (Å²) in [5, 5.41) is 0. The van der Waals surface area contributed by atoms with E-state index in [1.807, 2.05) is 4.90 Å². The Bertz CT molecular complexity index is 1050. The van der Waals surface area contributed by atoms with Gasteiger partial charge in [0.15, 0.2) is 11.5 Å². The van der Waals surface area contributed by atoms with Crippen molar-refractivity contribution in [3.8, 4) is 11.5 Å². The van der Waals surface area contributed by atoms with Crippen LogP contribution in [-0.2, 0) is 26.0 Å². The summed E-state index contributed by atoms with van der Waals surface area (Å²) in [4.78, 5) is 13.6. The average Bonchev–Trinajstić information content (AvgIpc) is 2.78. The van der Waals surface area contributed by atoms with Gasteiger partial charge in [-0.3, -0.25) is 4.79 Å². The highest BCUT2D eigenvalue weighted by Gasteiger charge is 2.32. The summed E-state index contributed by atoms with van der Waals surface area (Å²) in [6.07, 6.45) is -0.236. The van der Waals surface area contributed by atoms with E-state index in [-0.39, 0.29) is 41.5 Å². The third-order valence-corrected chi connectivity index (χ3v) is 7.16. The number of halogens is 1. The Morgan fingerprint density at radius 1 is 1.00 bits per heavy atom. The van der Waals surface area contributed by atoms with Gasteiger partial charge in [-0.2, -0.15) is 4.31 Å². The molecule has 31 heavy (non-hydrogen) atoms. The number of piperazine rings is 1. The standard InChI is InChI=1S/C21H25FN2O6S/c1-28-18-12-15(13-21(25)30-3)20(14-19(18)29-2)31(26,27)24-10-8-23(9-11-24)17-7-5-4-6-16(17)22/h4-7,12,14H,8-11,13H2,1-3H3. The molecule has 0 saturated carbocycles. The van der Waals surface area contributed by atoms with Gasteiger partial charge in [0.05, 0.1) is 38.3 Å². The van der Waals surface area contributed by atoms with E-state index in [0.717, 1.165) is 0 Å². The van der Waals surface area contributed by atoms with E-state index in [9.17, 15) is 17.6 Å². The molecule has 1 aliphatic heterocycles. The van der Waals surface area contributed by atoms with Crippen LogP contribution in [0, 0.1) is 5.82 Å². The minimum Gasteiger partial charge on any atom is -0.493 e. The van der Waals surface area contributed by atoms with Crippen LogP contribution in [0.25, 0.3) is 0 Å². The molecular formula is C21H25FN2O6S. The van der Waals surface area contributed by atoms with Crippen LogP contribution in [0.15, 0.2) is 41.3 Å². The SMILES string of the molecule is COC(=O)Cc1cc(OC)c(OC)cc1S(=O)(=O)N1CCN(c2ccccc2F)CC1. The summed E-state index contributed by atoms with van der Waals surface area (Å²) < 4.78 is 57.5. The van der Waals surface area contributed by atoms with Crippen LogP contribution in [0.4, 0.5) is 10.1 Å². The van der Waals surface area contributed by atoms with Gasteiger partial charge >= 0.3 is 5.97 Å². The average molecular weight is 453 g/mol. The Kier molecular flexibility index (Phi) is 7.01. The minimum absolute atomic E-state index is 0.0464. The van der Waals surface area contributed by atoms with Gasteiger partial charge in [0.1, 0.15) is 5.82 Å². The number of nitrogens with zero attached hydrogens (tertiary/aromatic N) is 2. The maximum Gasteiger partial charge on any atom is 0.310 e. The number of ether oxygens (including phenoxy) is 3. The molecule has 0 unspecified atom stereocenters. The summed E-state index contributed by atoms with van der Waals surface area (Å²) in [5.41, 5.74) is 0.693. The first-order chi connectivity index (χ1) is 14.8. The maximum absolute atomic E-state index is 14.1. The normalized spacial score (nSPS) is 14.9. The maximum atomic E-state index is 14.1. The van der Waals surface area contributed by atoms with Crippen molar-refractivity contribution in [1.82, 2.24) is 4.31 Å². The number of methoxy groups -OCH3 is 3. The van der Waals surface area contributed by atoms with E-state index in [4.69, 9.17) is 14.2 Å². The van der Waals surface area contributed by atoms with E-state index in [0.29, 0.717) is 24.5 Å². The summed E-state index contributed by atoms with van der Waals surface area (Å²) in [7, 11) is 0.116. The number of carbonyl (C=O) groups excluding carboxylic acids is 1. The van der Waals surface area contributed by atoms with Crippen LogP contribution in [0.5, 0.6) is 11.5 Å². The molecule has 0 atom stereocenters. The number of para-hydroxylation sites is 1. The fourth-order valence-corrected chi connectivity index (χ4v) is 5.17. The molecule has 0 aliphatic carbocycles. The van der Waals surface area contributed by atoms with Gasteiger partial charge < -0.3 is 19.1 Å². The molecule has 1 aliphatic rings. The third kappa shape index (κ3) is 4.75. The molecule has 2 aromatic carbocycles. The first-order valence-corrected chi connectivity index (χ1v) is 11.1. The van der Waals surface area contributed by atoms with Gasteiger partial charge in [0.2, 0.25) is 10.0 Å². The molecule has 0 radical (unpaired) electrons. The largest absolute Gasteiger partial charge is 0.493 e. The van der Waals surface area contributed by atoms with E-state index in [1.165, 1.54) is 43.8 Å². The van der Waals surface area contributed by atoms with Crippen LogP contribution in [0.2, 0.25) is 0 Å². The highest BCUT2D eigenvalue weighted by Crippen LogP contribution is 2.35. The van der Waals surface area contributed by atoms with E-state index in [2.05, 4.69) is 0 Å². The molecule has 168 valence electrons. The third-order valence-electron chi connectivity index (χ3n) is 5.18. The van der Waals surface area contributed by atoms with E-state index in [1.54, 1.807) is 18.2 Å². The zero-order valence-corrected chi connectivity index (χ0v) is 18.4. The second-order valence-corrected chi connectivity index (χ2v) is 8.82. The molecule has 8 nitrogen and oxygen atoms in total. The summed E-state index contributed by atoms with van der Waals surface area (Å²) in [6.45, 7) is 1.00. The Hall–Kier alpha value is -2.85. The van der Waals surface area contributed by atoms with Crippen molar-refractivity contribution in [1.29, 1.82) is 0 Å². The molecular weight excluding hydrogens is 427 g/mol. The summed E-state index contributed by atoms with van der Waals surface area (Å²) >= 11 is 0. The smallest absolute Gasteiger partial charge is 0.310 e. The van der Waals surface area contributed by atoms with Crippen molar-refractivity contribution >= 4 is 21.7 Å². The number of esters is 1. The Balaban J connectivity index is 1.90. The fourth-order valence-electron chi connectivity index (χ4n) is 3.53. The van der Waals surface area contributed by atoms with Gasteiger partial charge in [-0.25, -0.2) is 12.8 Å². The van der Waals surface area contributed by atoms with Gasteiger partial charge in [-0.05, 0) is 23.8 Å². The first kappa shape index (κ1) is 22.8. The van der Waals surface area contributed by atoms with Gasteiger partial charge in [-0.1, -0.05) is 12.1 Å². The number of anilines is 1. The molecule has 0 spiro atoms. The Labute approximate surface area is 181 Å². The van der Waals surface area contributed by atoms with Crippen molar-refractivity contribution in [2.45, 2.75) is 11.3 Å². The van der Waals surface area contributed by atoms with Crippen LogP contribution in [0.1, 0.15) is 5.56 Å². The molecule has 1 fully saturated rings. The lowest BCUT2D eigenvalue weighted by Crippen LogP contribution is -2.49. The number of benzene rings is 2. The number of carbonyl (C=O) groups is 1. The lowest BCUT2D eigenvalue weighted by Gasteiger charge is -2.35. The molecule has 1 heterocycles. The highest BCUT2D eigenvalue weighted by atomic mass is 32.2. The minimum atomic E-state index is -3.95. The van der Waals surface area contributed by atoms with Crippen molar-refractivity contribution < 1.29 is 31.8 Å². The van der Waals surface area contributed by atoms with Crippen molar-refractivity contribution in [3.63, 3.8) is 0 Å². The van der Waals surface area contributed by atoms with Gasteiger partial charge in [-0.15, -0.1) is 0 Å². The second kappa shape index (κ2) is 9.52. The number of sulfonamides is 1. The summed E-state index contributed by atoms with van der Waals surface area (Å²) in [6, 6.07) is 9.22. The molecule has 10 heteroatoms. The lowest BCUT2D eigenvalue weighted by molar-refractivity contribution is -0.139.